The molecule has 10 heteroatoms. The van der Waals surface area contributed by atoms with E-state index in [2.05, 4.69) is 10.6 Å². The molecule has 3 aromatic rings. The molecular weight excluding hydrogens is 530 g/mol. The van der Waals surface area contributed by atoms with Gasteiger partial charge in [-0.15, -0.1) is 11.3 Å². The van der Waals surface area contributed by atoms with Gasteiger partial charge in [0.1, 0.15) is 6.04 Å². The molecule has 1 fully saturated rings. The second-order valence-corrected chi connectivity index (χ2v) is 10.5. The lowest BCUT2D eigenvalue weighted by Gasteiger charge is -2.32. The van der Waals surface area contributed by atoms with E-state index in [0.717, 1.165) is 24.0 Å². The molecular formula is C30H35N3O6S. The molecule has 0 saturated carbocycles. The number of nitrogens with one attached hydrogen (secondary N) is 2. The fraction of sp³-hybridized carbons (Fsp3) is 0.367. The third kappa shape index (κ3) is 6.81. The van der Waals surface area contributed by atoms with Crippen LogP contribution in [0, 0.1) is 13.8 Å². The van der Waals surface area contributed by atoms with E-state index >= 15 is 0 Å². The number of thiophene rings is 1. The van der Waals surface area contributed by atoms with Gasteiger partial charge in [-0.05, 0) is 79.1 Å². The van der Waals surface area contributed by atoms with Crippen molar-refractivity contribution in [1.29, 1.82) is 0 Å². The Balaban J connectivity index is 1.73. The van der Waals surface area contributed by atoms with Crippen LogP contribution in [0.15, 0.2) is 53.9 Å². The number of carbonyl (C=O) groups excluding carboxylic acids is 3. The van der Waals surface area contributed by atoms with E-state index in [9.17, 15) is 14.4 Å². The molecule has 3 amide bonds. The van der Waals surface area contributed by atoms with Gasteiger partial charge in [0.15, 0.2) is 11.5 Å². The van der Waals surface area contributed by atoms with Crippen molar-refractivity contribution in [1.82, 2.24) is 10.6 Å². The van der Waals surface area contributed by atoms with Crippen LogP contribution in [0.2, 0.25) is 0 Å². The largest absolute Gasteiger partial charge is 0.493 e. The molecule has 2 atom stereocenters. The number of benzene rings is 2. The smallest absolute Gasteiger partial charge is 0.261 e. The Kier molecular flexibility index (Phi) is 9.79. The lowest BCUT2D eigenvalue weighted by molar-refractivity contribution is -0.126. The van der Waals surface area contributed by atoms with Gasteiger partial charge in [-0.1, -0.05) is 18.2 Å². The van der Waals surface area contributed by atoms with Crippen molar-refractivity contribution in [2.45, 2.75) is 38.8 Å². The van der Waals surface area contributed by atoms with Crippen molar-refractivity contribution in [2.75, 3.05) is 38.8 Å². The Morgan fingerprint density at radius 2 is 1.82 bits per heavy atom. The number of ether oxygens (including phenoxy) is 3. The van der Waals surface area contributed by atoms with E-state index in [-0.39, 0.29) is 24.5 Å². The first-order valence-electron chi connectivity index (χ1n) is 13.1. The van der Waals surface area contributed by atoms with Gasteiger partial charge in [-0.25, -0.2) is 0 Å². The summed E-state index contributed by atoms with van der Waals surface area (Å²) in [5.41, 5.74) is 3.07. The van der Waals surface area contributed by atoms with Gasteiger partial charge in [0.25, 0.3) is 5.91 Å². The van der Waals surface area contributed by atoms with Gasteiger partial charge in [0.05, 0.1) is 31.7 Å². The minimum Gasteiger partial charge on any atom is -0.493 e. The van der Waals surface area contributed by atoms with Crippen molar-refractivity contribution in [2.24, 2.45) is 0 Å². The van der Waals surface area contributed by atoms with Crippen molar-refractivity contribution in [3.8, 4) is 11.5 Å². The standard InChI is InChI=1S/C30H35N3O6S/c1-19-9-11-22(15-20(19)2)33(27(34)18-32-29(35)26-8-6-14-40-26)28(30(36)31-17-23-7-5-13-39-23)21-10-12-24(37-3)25(16-21)38-4/h6,8-12,14-16,23,28H,5,7,13,17-18H2,1-4H3,(H,31,36)(H,32,35)/t23-,28-/m1/s1. The molecule has 2 heterocycles. The van der Waals surface area contributed by atoms with Crippen molar-refractivity contribution < 1.29 is 28.6 Å². The summed E-state index contributed by atoms with van der Waals surface area (Å²) in [6, 6.07) is 13.1. The van der Waals surface area contributed by atoms with Crippen LogP contribution in [0.3, 0.4) is 0 Å². The predicted octanol–water partition coefficient (Wildman–Crippen LogP) is 4.18. The molecule has 40 heavy (non-hydrogen) atoms. The molecule has 1 aliphatic rings. The highest BCUT2D eigenvalue weighted by molar-refractivity contribution is 7.12. The van der Waals surface area contributed by atoms with Crippen LogP contribution in [-0.2, 0) is 14.3 Å². The molecule has 9 nitrogen and oxygen atoms in total. The van der Waals surface area contributed by atoms with Crippen LogP contribution >= 0.6 is 11.3 Å². The molecule has 4 rings (SSSR count). The Morgan fingerprint density at radius 1 is 1.02 bits per heavy atom. The van der Waals surface area contributed by atoms with E-state index in [1.165, 1.54) is 30.5 Å². The first-order valence-corrected chi connectivity index (χ1v) is 14.0. The number of hydrogen-bond acceptors (Lipinski definition) is 7. The lowest BCUT2D eigenvalue weighted by atomic mass is 10.0. The zero-order valence-electron chi connectivity index (χ0n) is 23.2. The molecule has 1 aliphatic heterocycles. The Hall–Kier alpha value is -3.89. The molecule has 1 aromatic heterocycles. The number of aryl methyl sites for hydroxylation is 2. The number of carbonyl (C=O) groups is 3. The number of nitrogens with zero attached hydrogens (tertiary/aromatic N) is 1. The second-order valence-electron chi connectivity index (χ2n) is 9.59. The molecule has 212 valence electrons. The summed E-state index contributed by atoms with van der Waals surface area (Å²) in [6.45, 7) is 4.62. The highest BCUT2D eigenvalue weighted by Crippen LogP contribution is 2.35. The average Bonchev–Trinajstić information content (AvgIpc) is 3.69. The number of anilines is 1. The van der Waals surface area contributed by atoms with E-state index in [0.29, 0.717) is 40.8 Å². The molecule has 0 spiro atoms. The number of amides is 3. The normalized spacial score (nSPS) is 15.2. The van der Waals surface area contributed by atoms with Crippen LogP contribution < -0.4 is 25.0 Å². The molecule has 2 N–H and O–H groups in total. The molecule has 0 radical (unpaired) electrons. The van der Waals surface area contributed by atoms with E-state index in [4.69, 9.17) is 14.2 Å². The minimum absolute atomic E-state index is 0.0779. The third-order valence-electron chi connectivity index (χ3n) is 6.94. The van der Waals surface area contributed by atoms with Crippen LogP contribution in [0.4, 0.5) is 5.69 Å². The van der Waals surface area contributed by atoms with Crippen LogP contribution in [0.25, 0.3) is 0 Å². The Morgan fingerprint density at radius 3 is 2.48 bits per heavy atom. The van der Waals surface area contributed by atoms with E-state index in [1.54, 1.807) is 35.7 Å². The second kappa shape index (κ2) is 13.5. The van der Waals surface area contributed by atoms with Gasteiger partial charge < -0.3 is 24.8 Å². The Bertz CT molecular complexity index is 1340. The Labute approximate surface area is 238 Å². The highest BCUT2D eigenvalue weighted by Gasteiger charge is 2.34. The zero-order chi connectivity index (χ0) is 28.6. The maximum absolute atomic E-state index is 13.9. The van der Waals surface area contributed by atoms with Gasteiger partial charge in [0.2, 0.25) is 11.8 Å². The molecule has 0 unspecified atom stereocenters. The topological polar surface area (TPSA) is 106 Å². The third-order valence-corrected chi connectivity index (χ3v) is 7.81. The zero-order valence-corrected chi connectivity index (χ0v) is 24.0. The summed E-state index contributed by atoms with van der Waals surface area (Å²) in [5, 5.41) is 7.50. The number of hydrogen-bond donors (Lipinski definition) is 2. The summed E-state index contributed by atoms with van der Waals surface area (Å²) in [7, 11) is 3.05. The maximum Gasteiger partial charge on any atom is 0.261 e. The summed E-state index contributed by atoms with van der Waals surface area (Å²) < 4.78 is 16.6. The maximum atomic E-state index is 13.9. The fourth-order valence-corrected chi connectivity index (χ4v) is 5.25. The molecule has 1 saturated heterocycles. The minimum atomic E-state index is -1.06. The van der Waals surface area contributed by atoms with Gasteiger partial charge in [-0.2, -0.15) is 0 Å². The van der Waals surface area contributed by atoms with E-state index < -0.39 is 11.9 Å². The number of methoxy groups -OCH3 is 2. The summed E-state index contributed by atoms with van der Waals surface area (Å²) in [5.74, 6) is -0.250. The quantitative estimate of drug-likeness (QED) is 0.361. The van der Waals surface area contributed by atoms with Crippen LogP contribution in [0.5, 0.6) is 11.5 Å². The van der Waals surface area contributed by atoms with Gasteiger partial charge in [0, 0.05) is 18.8 Å². The van der Waals surface area contributed by atoms with Crippen LogP contribution in [-0.4, -0.2) is 57.7 Å². The van der Waals surface area contributed by atoms with Crippen molar-refractivity contribution >= 4 is 34.7 Å². The first kappa shape index (κ1) is 29.1. The van der Waals surface area contributed by atoms with Crippen molar-refractivity contribution in [3.05, 3.63) is 75.5 Å². The predicted molar refractivity (Wildman–Crippen MR) is 154 cm³/mol. The van der Waals surface area contributed by atoms with Gasteiger partial charge in [-0.3, -0.25) is 19.3 Å². The highest BCUT2D eigenvalue weighted by atomic mass is 32.1. The number of rotatable bonds is 11. The summed E-state index contributed by atoms with van der Waals surface area (Å²) >= 11 is 1.29. The monoisotopic (exact) mass is 565 g/mol. The van der Waals surface area contributed by atoms with Crippen LogP contribution in [0.1, 0.15) is 45.2 Å². The lowest BCUT2D eigenvalue weighted by Crippen LogP contribution is -2.48. The summed E-state index contributed by atoms with van der Waals surface area (Å²) in [4.78, 5) is 42.4. The molecule has 0 aliphatic carbocycles. The first-order chi connectivity index (χ1) is 19.3. The van der Waals surface area contributed by atoms with Gasteiger partial charge >= 0.3 is 0 Å². The average molecular weight is 566 g/mol. The van der Waals surface area contributed by atoms with E-state index in [1.807, 2.05) is 32.0 Å². The summed E-state index contributed by atoms with van der Waals surface area (Å²) in [6.07, 6.45) is 1.72. The SMILES string of the molecule is COc1ccc([C@H](C(=O)NC[C@H]2CCCO2)N(C(=O)CNC(=O)c2cccs2)c2ccc(C)c(C)c2)cc1OC. The van der Waals surface area contributed by atoms with Crippen molar-refractivity contribution in [3.63, 3.8) is 0 Å². The fourth-order valence-electron chi connectivity index (χ4n) is 4.61. The molecule has 2 aromatic carbocycles. The molecule has 0 bridgehead atoms.